The first-order valence-corrected chi connectivity index (χ1v) is 8.99. The van der Waals surface area contributed by atoms with Gasteiger partial charge in [0, 0.05) is 19.1 Å². The van der Waals surface area contributed by atoms with Crippen molar-refractivity contribution in [2.75, 3.05) is 26.2 Å². The van der Waals surface area contributed by atoms with E-state index in [0.29, 0.717) is 6.04 Å². The van der Waals surface area contributed by atoms with Crippen molar-refractivity contribution in [3.05, 3.63) is 0 Å². The second-order valence-electron chi connectivity index (χ2n) is 6.78. The molecule has 0 aromatic heterocycles. The van der Waals surface area contributed by atoms with Gasteiger partial charge >= 0.3 is 0 Å². The van der Waals surface area contributed by atoms with Crippen LogP contribution in [0.3, 0.4) is 0 Å². The molecule has 2 atom stereocenters. The number of likely N-dealkylation sites (tertiary alicyclic amines) is 1. The summed E-state index contributed by atoms with van der Waals surface area (Å²) < 4.78 is 0. The number of unbranched alkanes of at least 4 members (excludes halogenated alkanes) is 1. The fourth-order valence-corrected chi connectivity index (χ4v) is 3.55. The predicted molar refractivity (Wildman–Crippen MR) is 87.3 cm³/mol. The molecule has 0 saturated carbocycles. The van der Waals surface area contributed by atoms with Gasteiger partial charge in [0.15, 0.2) is 0 Å². The Labute approximate surface area is 130 Å². The van der Waals surface area contributed by atoms with Crippen LogP contribution in [0.1, 0.15) is 58.8 Å². The van der Waals surface area contributed by atoms with Gasteiger partial charge in [-0.25, -0.2) is 0 Å². The van der Waals surface area contributed by atoms with Crippen LogP contribution >= 0.6 is 0 Å². The Hall–Kier alpha value is -0.610. The zero-order valence-corrected chi connectivity index (χ0v) is 13.9. The van der Waals surface area contributed by atoms with Gasteiger partial charge < -0.3 is 15.5 Å². The number of piperidine rings is 2. The first-order chi connectivity index (χ1) is 10.2. The Balaban J connectivity index is 1.69. The lowest BCUT2D eigenvalue weighted by atomic mass is 9.90. The van der Waals surface area contributed by atoms with E-state index in [1.165, 1.54) is 32.2 Å². The summed E-state index contributed by atoms with van der Waals surface area (Å²) in [5.74, 6) is 0.957. The number of hydrogen-bond acceptors (Lipinski definition) is 3. The molecule has 0 aliphatic carbocycles. The van der Waals surface area contributed by atoms with Gasteiger partial charge in [-0.05, 0) is 51.1 Å². The van der Waals surface area contributed by atoms with E-state index in [1.54, 1.807) is 0 Å². The summed E-state index contributed by atoms with van der Waals surface area (Å²) in [7, 11) is 0. The molecule has 2 N–H and O–H groups in total. The average Bonchev–Trinajstić information content (AvgIpc) is 2.54. The molecule has 4 heteroatoms. The number of carbonyl (C=O) groups excluding carboxylic acids is 1. The van der Waals surface area contributed by atoms with Crippen molar-refractivity contribution in [3.8, 4) is 0 Å². The Morgan fingerprint density at radius 3 is 2.67 bits per heavy atom. The minimum Gasteiger partial charge on any atom is -0.352 e. The molecule has 0 radical (unpaired) electrons. The van der Waals surface area contributed by atoms with Gasteiger partial charge in [-0.1, -0.05) is 26.7 Å². The normalized spacial score (nSPS) is 28.5. The molecule has 2 fully saturated rings. The van der Waals surface area contributed by atoms with Crippen LogP contribution in [-0.2, 0) is 4.79 Å². The van der Waals surface area contributed by atoms with Gasteiger partial charge in [0.25, 0.3) is 0 Å². The van der Waals surface area contributed by atoms with Crippen molar-refractivity contribution in [3.63, 3.8) is 0 Å². The molecule has 4 nitrogen and oxygen atoms in total. The third-order valence-electron chi connectivity index (χ3n) is 5.17. The molecule has 2 unspecified atom stereocenters. The van der Waals surface area contributed by atoms with Crippen LogP contribution < -0.4 is 10.6 Å². The molecule has 0 spiro atoms. The summed E-state index contributed by atoms with van der Waals surface area (Å²) in [6, 6.07) is 0.431. The number of carbonyl (C=O) groups is 1. The van der Waals surface area contributed by atoms with Gasteiger partial charge in [-0.15, -0.1) is 0 Å². The smallest absolute Gasteiger partial charge is 0.237 e. The topological polar surface area (TPSA) is 44.4 Å². The van der Waals surface area contributed by atoms with E-state index >= 15 is 0 Å². The molecule has 2 aliphatic heterocycles. The minimum absolute atomic E-state index is 0.0434. The van der Waals surface area contributed by atoms with Crippen molar-refractivity contribution in [1.82, 2.24) is 15.5 Å². The molecule has 122 valence electrons. The largest absolute Gasteiger partial charge is 0.352 e. The number of nitrogens with one attached hydrogen (secondary N) is 2. The van der Waals surface area contributed by atoms with Crippen LogP contribution in [0.4, 0.5) is 0 Å². The Kier molecular flexibility index (Phi) is 6.97. The fraction of sp³-hybridized carbons (Fsp3) is 0.941. The Bertz CT molecular complexity index is 313. The van der Waals surface area contributed by atoms with E-state index < -0.39 is 0 Å². The SMILES string of the molecule is CCCCN1CCC(NC(=O)C2CC(CC)CCN2)CC1. The number of rotatable bonds is 6. The van der Waals surface area contributed by atoms with Crippen molar-refractivity contribution < 1.29 is 4.79 Å². The summed E-state index contributed by atoms with van der Waals surface area (Å²) in [5, 5.41) is 6.67. The Morgan fingerprint density at radius 2 is 2.00 bits per heavy atom. The average molecular weight is 295 g/mol. The first kappa shape index (κ1) is 16.8. The number of hydrogen-bond donors (Lipinski definition) is 2. The fourth-order valence-electron chi connectivity index (χ4n) is 3.55. The van der Waals surface area contributed by atoms with Crippen LogP contribution in [0.15, 0.2) is 0 Å². The van der Waals surface area contributed by atoms with Gasteiger partial charge in [-0.2, -0.15) is 0 Å². The van der Waals surface area contributed by atoms with Crippen molar-refractivity contribution in [2.24, 2.45) is 5.92 Å². The lowest BCUT2D eigenvalue weighted by Crippen LogP contribution is -2.53. The Morgan fingerprint density at radius 1 is 1.24 bits per heavy atom. The number of amides is 1. The monoisotopic (exact) mass is 295 g/mol. The van der Waals surface area contributed by atoms with Crippen LogP contribution in [0.5, 0.6) is 0 Å². The van der Waals surface area contributed by atoms with E-state index in [4.69, 9.17) is 0 Å². The second-order valence-corrected chi connectivity index (χ2v) is 6.78. The molecular formula is C17H33N3O. The van der Waals surface area contributed by atoms with Crippen LogP contribution in [0.25, 0.3) is 0 Å². The maximum absolute atomic E-state index is 12.4. The number of nitrogens with zero attached hydrogens (tertiary/aromatic N) is 1. The molecular weight excluding hydrogens is 262 g/mol. The highest BCUT2D eigenvalue weighted by Gasteiger charge is 2.28. The molecule has 0 bridgehead atoms. The zero-order valence-electron chi connectivity index (χ0n) is 13.9. The standard InChI is InChI=1S/C17H33N3O/c1-3-5-10-20-11-7-15(8-12-20)19-17(21)16-13-14(4-2)6-9-18-16/h14-16,18H,3-13H2,1-2H3,(H,19,21). The highest BCUT2D eigenvalue weighted by molar-refractivity contribution is 5.82. The van der Waals surface area contributed by atoms with Crippen LogP contribution in [0, 0.1) is 5.92 Å². The van der Waals surface area contributed by atoms with Crippen LogP contribution in [0.2, 0.25) is 0 Å². The van der Waals surface area contributed by atoms with Gasteiger partial charge in [0.2, 0.25) is 5.91 Å². The maximum atomic E-state index is 12.4. The quantitative estimate of drug-likeness (QED) is 0.789. The lowest BCUT2D eigenvalue weighted by molar-refractivity contribution is -0.125. The minimum atomic E-state index is 0.0434. The molecule has 2 rings (SSSR count). The molecule has 2 aliphatic rings. The summed E-state index contributed by atoms with van der Waals surface area (Å²) in [4.78, 5) is 14.9. The summed E-state index contributed by atoms with van der Waals surface area (Å²) in [6.45, 7) is 8.97. The predicted octanol–water partition coefficient (Wildman–Crippen LogP) is 2.15. The van der Waals surface area contributed by atoms with Crippen molar-refractivity contribution in [1.29, 1.82) is 0 Å². The third-order valence-corrected chi connectivity index (χ3v) is 5.17. The molecule has 0 aromatic rings. The molecule has 1 amide bonds. The van der Waals surface area contributed by atoms with E-state index in [2.05, 4.69) is 29.4 Å². The molecule has 21 heavy (non-hydrogen) atoms. The lowest BCUT2D eigenvalue weighted by Gasteiger charge is -2.34. The molecule has 2 heterocycles. The van der Waals surface area contributed by atoms with Crippen LogP contribution in [-0.4, -0.2) is 49.1 Å². The summed E-state index contributed by atoms with van der Waals surface area (Å²) in [6.07, 6.45) is 8.21. The van der Waals surface area contributed by atoms with Gasteiger partial charge in [0.05, 0.1) is 6.04 Å². The molecule has 2 saturated heterocycles. The summed E-state index contributed by atoms with van der Waals surface area (Å²) >= 11 is 0. The third kappa shape index (κ3) is 5.26. The van der Waals surface area contributed by atoms with Gasteiger partial charge in [-0.3, -0.25) is 4.79 Å². The van der Waals surface area contributed by atoms with Crippen molar-refractivity contribution >= 4 is 5.91 Å². The van der Waals surface area contributed by atoms with E-state index in [-0.39, 0.29) is 11.9 Å². The zero-order chi connectivity index (χ0) is 15.1. The van der Waals surface area contributed by atoms with E-state index in [9.17, 15) is 4.79 Å². The van der Waals surface area contributed by atoms with E-state index in [1.807, 2.05) is 0 Å². The second kappa shape index (κ2) is 8.74. The van der Waals surface area contributed by atoms with E-state index in [0.717, 1.165) is 44.8 Å². The highest BCUT2D eigenvalue weighted by Crippen LogP contribution is 2.20. The highest BCUT2D eigenvalue weighted by atomic mass is 16.2. The van der Waals surface area contributed by atoms with Gasteiger partial charge in [0.1, 0.15) is 0 Å². The molecule has 0 aromatic carbocycles. The maximum Gasteiger partial charge on any atom is 0.237 e. The summed E-state index contributed by atoms with van der Waals surface area (Å²) in [5.41, 5.74) is 0. The van der Waals surface area contributed by atoms with Crippen molar-refractivity contribution in [2.45, 2.75) is 70.9 Å². The first-order valence-electron chi connectivity index (χ1n) is 8.99.